The predicted octanol–water partition coefficient (Wildman–Crippen LogP) is 1.03. The van der Waals surface area contributed by atoms with Gasteiger partial charge in [0.2, 0.25) is 0 Å². The number of aromatic hydroxyl groups is 1. The van der Waals surface area contributed by atoms with Crippen LogP contribution in [-0.4, -0.2) is 34.4 Å². The molecule has 0 radical (unpaired) electrons. The van der Waals surface area contributed by atoms with E-state index in [4.69, 9.17) is 4.74 Å². The normalized spacial score (nSPS) is 10.2. The van der Waals surface area contributed by atoms with Gasteiger partial charge in [-0.2, -0.15) is 5.10 Å². The number of nitrogens with one attached hydrogen (secondary N) is 1. The lowest BCUT2D eigenvalue weighted by molar-refractivity contribution is 0.0948. The Kier molecular flexibility index (Phi) is 4.02. The third kappa shape index (κ3) is 3.04. The molecule has 0 saturated heterocycles. The number of carbonyl (C=O) groups excluding carboxylic acids is 1. The number of aromatic nitrogens is 2. The first kappa shape index (κ1) is 12.9. The van der Waals surface area contributed by atoms with Crippen molar-refractivity contribution in [2.45, 2.75) is 6.54 Å². The Bertz CT molecular complexity index is 552. The molecular weight excluding hydrogens is 246 g/mol. The molecule has 0 unspecified atom stereocenters. The fourth-order valence-electron chi connectivity index (χ4n) is 1.68. The number of hydrogen-bond acceptors (Lipinski definition) is 4. The largest absolute Gasteiger partial charge is 0.504 e. The van der Waals surface area contributed by atoms with Crippen LogP contribution in [0.25, 0.3) is 0 Å². The van der Waals surface area contributed by atoms with Gasteiger partial charge < -0.3 is 15.2 Å². The molecule has 19 heavy (non-hydrogen) atoms. The summed E-state index contributed by atoms with van der Waals surface area (Å²) < 4.78 is 6.67. The number of amides is 1. The molecule has 1 aromatic carbocycles. The lowest BCUT2D eigenvalue weighted by Gasteiger charge is -2.09. The summed E-state index contributed by atoms with van der Waals surface area (Å²) in [6, 6.07) is 6.60. The molecule has 0 bridgehead atoms. The molecule has 0 fully saturated rings. The molecule has 0 saturated carbocycles. The van der Waals surface area contributed by atoms with Crippen LogP contribution in [0.15, 0.2) is 36.7 Å². The van der Waals surface area contributed by atoms with Gasteiger partial charge in [-0.05, 0) is 18.2 Å². The number of methoxy groups -OCH3 is 1. The van der Waals surface area contributed by atoms with Crippen molar-refractivity contribution in [3.8, 4) is 11.5 Å². The fraction of sp³-hybridized carbons (Fsp3) is 0.231. The van der Waals surface area contributed by atoms with E-state index in [9.17, 15) is 9.90 Å². The zero-order chi connectivity index (χ0) is 13.7. The van der Waals surface area contributed by atoms with Crippen LogP contribution in [0.5, 0.6) is 11.5 Å². The quantitative estimate of drug-likeness (QED) is 0.842. The van der Waals surface area contributed by atoms with E-state index in [2.05, 4.69) is 10.4 Å². The molecule has 6 heteroatoms. The van der Waals surface area contributed by atoms with Crippen molar-refractivity contribution in [1.29, 1.82) is 0 Å². The summed E-state index contributed by atoms with van der Waals surface area (Å²) in [5.41, 5.74) is 0.194. The second-order valence-electron chi connectivity index (χ2n) is 3.88. The van der Waals surface area contributed by atoms with Gasteiger partial charge in [-0.25, -0.2) is 0 Å². The summed E-state index contributed by atoms with van der Waals surface area (Å²) in [4.78, 5) is 11.9. The highest BCUT2D eigenvalue weighted by Crippen LogP contribution is 2.28. The van der Waals surface area contributed by atoms with Crippen LogP contribution in [-0.2, 0) is 6.54 Å². The zero-order valence-corrected chi connectivity index (χ0v) is 10.5. The number of rotatable bonds is 5. The minimum atomic E-state index is -0.344. The molecule has 2 aromatic rings. The van der Waals surface area contributed by atoms with Gasteiger partial charge in [-0.1, -0.05) is 6.07 Å². The number of nitrogens with zero attached hydrogens (tertiary/aromatic N) is 2. The molecule has 0 aliphatic carbocycles. The third-order valence-electron chi connectivity index (χ3n) is 2.65. The smallest absolute Gasteiger partial charge is 0.255 e. The third-order valence-corrected chi connectivity index (χ3v) is 2.65. The average Bonchev–Trinajstić information content (AvgIpc) is 2.92. The molecule has 0 spiro atoms. The van der Waals surface area contributed by atoms with Crippen LogP contribution in [0.2, 0.25) is 0 Å². The van der Waals surface area contributed by atoms with E-state index in [1.165, 1.54) is 7.11 Å². The summed E-state index contributed by atoms with van der Waals surface area (Å²) in [6.45, 7) is 1.00. The molecule has 0 atom stereocenters. The monoisotopic (exact) mass is 261 g/mol. The minimum Gasteiger partial charge on any atom is -0.504 e. The number of phenolic OH excluding ortho intramolecular Hbond substituents is 1. The Labute approximate surface area is 110 Å². The van der Waals surface area contributed by atoms with Crippen LogP contribution in [0.4, 0.5) is 0 Å². The maximum Gasteiger partial charge on any atom is 0.255 e. The molecule has 100 valence electrons. The Hall–Kier alpha value is -2.50. The van der Waals surface area contributed by atoms with E-state index in [-0.39, 0.29) is 23.0 Å². The maximum absolute atomic E-state index is 11.9. The van der Waals surface area contributed by atoms with Crippen molar-refractivity contribution in [3.05, 3.63) is 42.2 Å². The number of phenols is 1. The Morgan fingerprint density at radius 3 is 3.00 bits per heavy atom. The van der Waals surface area contributed by atoms with Crippen molar-refractivity contribution in [1.82, 2.24) is 15.1 Å². The van der Waals surface area contributed by atoms with Crippen molar-refractivity contribution in [2.24, 2.45) is 0 Å². The Morgan fingerprint density at radius 1 is 1.47 bits per heavy atom. The van der Waals surface area contributed by atoms with Gasteiger partial charge in [0, 0.05) is 18.9 Å². The molecule has 2 rings (SSSR count). The molecule has 1 aromatic heterocycles. The van der Waals surface area contributed by atoms with Gasteiger partial charge in [0.15, 0.2) is 11.5 Å². The van der Waals surface area contributed by atoms with Crippen LogP contribution in [0, 0.1) is 0 Å². The number of para-hydroxylation sites is 1. The average molecular weight is 261 g/mol. The number of ether oxygens (including phenoxy) is 1. The fourth-order valence-corrected chi connectivity index (χ4v) is 1.68. The molecule has 1 heterocycles. The lowest BCUT2D eigenvalue weighted by atomic mass is 10.1. The van der Waals surface area contributed by atoms with Crippen molar-refractivity contribution >= 4 is 5.91 Å². The van der Waals surface area contributed by atoms with E-state index in [0.717, 1.165) is 0 Å². The second-order valence-corrected chi connectivity index (χ2v) is 3.88. The molecule has 6 nitrogen and oxygen atoms in total. The first-order chi connectivity index (χ1) is 9.22. The summed E-state index contributed by atoms with van der Waals surface area (Å²) >= 11 is 0. The number of benzene rings is 1. The van der Waals surface area contributed by atoms with Gasteiger partial charge in [0.1, 0.15) is 0 Å². The summed E-state index contributed by atoms with van der Waals surface area (Å²) in [5, 5.41) is 16.6. The highest BCUT2D eigenvalue weighted by molar-refractivity contribution is 5.97. The lowest BCUT2D eigenvalue weighted by Crippen LogP contribution is -2.27. The first-order valence-electron chi connectivity index (χ1n) is 5.84. The summed E-state index contributed by atoms with van der Waals surface area (Å²) in [7, 11) is 1.44. The molecule has 1 amide bonds. The Balaban J connectivity index is 1.96. The topological polar surface area (TPSA) is 76.4 Å². The van der Waals surface area contributed by atoms with E-state index in [1.807, 2.05) is 12.3 Å². The first-order valence-corrected chi connectivity index (χ1v) is 5.84. The second kappa shape index (κ2) is 5.90. The molecule has 2 N–H and O–H groups in total. The van der Waals surface area contributed by atoms with E-state index >= 15 is 0 Å². The van der Waals surface area contributed by atoms with E-state index in [0.29, 0.717) is 13.1 Å². The highest BCUT2D eigenvalue weighted by Gasteiger charge is 2.13. The molecule has 0 aliphatic heterocycles. The number of hydrogen-bond donors (Lipinski definition) is 2. The van der Waals surface area contributed by atoms with Crippen molar-refractivity contribution in [3.63, 3.8) is 0 Å². The van der Waals surface area contributed by atoms with Crippen LogP contribution < -0.4 is 10.1 Å². The van der Waals surface area contributed by atoms with Gasteiger partial charge in [-0.15, -0.1) is 0 Å². The minimum absolute atomic E-state index is 0.151. The van der Waals surface area contributed by atoms with Crippen LogP contribution >= 0.6 is 0 Å². The number of carbonyl (C=O) groups is 1. The SMILES string of the molecule is COc1cccc(C(=O)NCCn2cccn2)c1O. The standard InChI is InChI=1S/C13H15N3O3/c1-19-11-5-2-4-10(12(11)17)13(18)14-7-9-16-8-3-6-15-16/h2-6,8,17H,7,9H2,1H3,(H,14,18). The predicted molar refractivity (Wildman–Crippen MR) is 69.2 cm³/mol. The Morgan fingerprint density at radius 2 is 2.32 bits per heavy atom. The van der Waals surface area contributed by atoms with Gasteiger partial charge in [0.05, 0.1) is 19.2 Å². The van der Waals surface area contributed by atoms with Crippen LogP contribution in [0.3, 0.4) is 0 Å². The zero-order valence-electron chi connectivity index (χ0n) is 10.5. The van der Waals surface area contributed by atoms with E-state index in [1.54, 1.807) is 29.1 Å². The van der Waals surface area contributed by atoms with Gasteiger partial charge >= 0.3 is 0 Å². The summed E-state index contributed by atoms with van der Waals surface area (Å²) in [5.74, 6) is -0.218. The van der Waals surface area contributed by atoms with E-state index < -0.39 is 0 Å². The van der Waals surface area contributed by atoms with Crippen LogP contribution in [0.1, 0.15) is 10.4 Å². The summed E-state index contributed by atoms with van der Waals surface area (Å²) in [6.07, 6.45) is 3.49. The van der Waals surface area contributed by atoms with Crippen molar-refractivity contribution < 1.29 is 14.6 Å². The van der Waals surface area contributed by atoms with Gasteiger partial charge in [0.25, 0.3) is 5.91 Å². The van der Waals surface area contributed by atoms with Gasteiger partial charge in [-0.3, -0.25) is 9.48 Å². The van der Waals surface area contributed by atoms with Crippen molar-refractivity contribution in [2.75, 3.05) is 13.7 Å². The maximum atomic E-state index is 11.9. The molecular formula is C13H15N3O3. The molecule has 0 aliphatic rings. The highest BCUT2D eigenvalue weighted by atomic mass is 16.5.